The minimum Gasteiger partial charge on any atom is -0.360 e. The van der Waals surface area contributed by atoms with Gasteiger partial charge in [0.15, 0.2) is 0 Å². The summed E-state index contributed by atoms with van der Waals surface area (Å²) in [6.07, 6.45) is 3.35. The van der Waals surface area contributed by atoms with Gasteiger partial charge in [0.1, 0.15) is 12.4 Å². The molecule has 2 aromatic carbocycles. The lowest BCUT2D eigenvalue weighted by atomic mass is 10.1. The van der Waals surface area contributed by atoms with Crippen molar-refractivity contribution in [3.8, 4) is 16.9 Å². The monoisotopic (exact) mass is 401 g/mol. The molecule has 0 aliphatic rings. The minimum atomic E-state index is -0.232. The lowest BCUT2D eigenvalue weighted by Gasteiger charge is -2.06. The van der Waals surface area contributed by atoms with E-state index in [9.17, 15) is 4.79 Å². The van der Waals surface area contributed by atoms with E-state index >= 15 is 0 Å². The van der Waals surface area contributed by atoms with Gasteiger partial charge in [-0.3, -0.25) is 4.79 Å². The van der Waals surface area contributed by atoms with Crippen LogP contribution in [0.5, 0.6) is 0 Å². The number of nitrogens with zero attached hydrogens (tertiary/aromatic N) is 4. The molecule has 0 radical (unpaired) electrons. The van der Waals surface area contributed by atoms with Crippen LogP contribution in [0.2, 0.25) is 0 Å². The molecule has 7 heteroatoms. The number of benzene rings is 2. The van der Waals surface area contributed by atoms with Crippen LogP contribution < -0.4 is 5.32 Å². The van der Waals surface area contributed by atoms with E-state index in [4.69, 9.17) is 9.84 Å². The summed E-state index contributed by atoms with van der Waals surface area (Å²) in [7, 11) is 0. The number of rotatable bonds is 7. The second kappa shape index (κ2) is 8.75. The van der Waals surface area contributed by atoms with Crippen molar-refractivity contribution < 1.29 is 9.53 Å². The van der Waals surface area contributed by atoms with Crippen molar-refractivity contribution in [2.75, 3.05) is 11.9 Å². The zero-order chi connectivity index (χ0) is 20.9. The lowest BCUT2D eigenvalue weighted by molar-refractivity contribution is 0.0792. The molecule has 0 spiro atoms. The van der Waals surface area contributed by atoms with E-state index in [1.165, 1.54) is 0 Å². The van der Waals surface area contributed by atoms with Gasteiger partial charge in [0.2, 0.25) is 0 Å². The summed E-state index contributed by atoms with van der Waals surface area (Å²) in [6, 6.07) is 19.5. The highest BCUT2D eigenvalue weighted by Gasteiger charge is 2.23. The Morgan fingerprint density at radius 3 is 2.47 bits per heavy atom. The van der Waals surface area contributed by atoms with Gasteiger partial charge in [0.05, 0.1) is 35.0 Å². The maximum absolute atomic E-state index is 13.3. The number of ether oxygens (including phenoxy) is 1. The van der Waals surface area contributed by atoms with Gasteiger partial charge >= 0.3 is 0 Å². The molecule has 0 saturated heterocycles. The molecule has 0 saturated carbocycles. The third kappa shape index (κ3) is 4.01. The Morgan fingerprint density at radius 1 is 1.07 bits per heavy atom. The molecule has 4 aromatic rings. The summed E-state index contributed by atoms with van der Waals surface area (Å²) < 4.78 is 8.78. The largest absolute Gasteiger partial charge is 0.360 e. The number of carbonyl (C=O) groups is 1. The van der Waals surface area contributed by atoms with E-state index < -0.39 is 0 Å². The van der Waals surface area contributed by atoms with Crippen LogP contribution in [0.15, 0.2) is 73.1 Å². The molecule has 0 bridgehead atoms. The van der Waals surface area contributed by atoms with Crippen LogP contribution in [0, 0.1) is 6.92 Å². The van der Waals surface area contributed by atoms with Crippen molar-refractivity contribution >= 4 is 11.6 Å². The first kappa shape index (κ1) is 19.6. The molecule has 1 N–H and O–H groups in total. The zero-order valence-electron chi connectivity index (χ0n) is 16.9. The Morgan fingerprint density at radius 2 is 1.77 bits per heavy atom. The van der Waals surface area contributed by atoms with E-state index in [0.717, 1.165) is 16.9 Å². The van der Waals surface area contributed by atoms with Gasteiger partial charge < -0.3 is 10.1 Å². The fourth-order valence-electron chi connectivity index (χ4n) is 3.27. The minimum absolute atomic E-state index is 0.232. The Hall–Kier alpha value is -3.71. The molecule has 0 atom stereocenters. The first-order chi connectivity index (χ1) is 14.7. The molecular formula is C23H23N5O2. The fourth-order valence-corrected chi connectivity index (χ4v) is 3.27. The molecule has 2 heterocycles. The van der Waals surface area contributed by atoms with Crippen molar-refractivity contribution in [3.63, 3.8) is 0 Å². The average Bonchev–Trinajstić information content (AvgIpc) is 3.37. The topological polar surface area (TPSA) is 74.0 Å². The molecule has 1 amide bonds. The van der Waals surface area contributed by atoms with Crippen LogP contribution in [0.4, 0.5) is 5.69 Å². The SMILES string of the molecule is CCOCn1cc(NC(=O)c2c(-c3ccccc3)nn(-c3ccccc3)c2C)cn1. The maximum atomic E-state index is 13.3. The third-order valence-corrected chi connectivity index (χ3v) is 4.71. The highest BCUT2D eigenvalue weighted by molar-refractivity contribution is 6.09. The van der Waals surface area contributed by atoms with Crippen LogP contribution in [0.3, 0.4) is 0 Å². The normalized spacial score (nSPS) is 10.9. The number of amides is 1. The number of carbonyl (C=O) groups excluding carboxylic acids is 1. The van der Waals surface area contributed by atoms with Crippen LogP contribution in [0.25, 0.3) is 16.9 Å². The molecule has 0 fully saturated rings. The number of anilines is 1. The Bertz CT molecular complexity index is 1130. The predicted molar refractivity (Wildman–Crippen MR) is 116 cm³/mol. The van der Waals surface area contributed by atoms with Crippen LogP contribution in [0.1, 0.15) is 23.0 Å². The number of aromatic nitrogens is 4. The number of para-hydroxylation sites is 1. The first-order valence-corrected chi connectivity index (χ1v) is 9.79. The molecule has 0 aliphatic heterocycles. The molecular weight excluding hydrogens is 378 g/mol. The Balaban J connectivity index is 1.71. The van der Waals surface area contributed by atoms with Crippen molar-refractivity contribution in [1.29, 1.82) is 0 Å². The van der Waals surface area contributed by atoms with Crippen molar-refractivity contribution in [3.05, 3.63) is 84.3 Å². The second-order valence-corrected chi connectivity index (χ2v) is 6.77. The van der Waals surface area contributed by atoms with Gasteiger partial charge in [-0.15, -0.1) is 0 Å². The van der Waals surface area contributed by atoms with E-state index in [1.807, 2.05) is 74.5 Å². The quantitative estimate of drug-likeness (QED) is 0.501. The van der Waals surface area contributed by atoms with Crippen LogP contribution in [-0.2, 0) is 11.5 Å². The average molecular weight is 401 g/mol. The lowest BCUT2D eigenvalue weighted by Crippen LogP contribution is -2.14. The molecule has 30 heavy (non-hydrogen) atoms. The van der Waals surface area contributed by atoms with Crippen LogP contribution in [-0.4, -0.2) is 32.1 Å². The van der Waals surface area contributed by atoms with Crippen molar-refractivity contribution in [1.82, 2.24) is 19.6 Å². The smallest absolute Gasteiger partial charge is 0.259 e. The Kier molecular flexibility index (Phi) is 5.72. The van der Waals surface area contributed by atoms with Gasteiger partial charge in [-0.25, -0.2) is 9.36 Å². The summed E-state index contributed by atoms with van der Waals surface area (Å²) in [6.45, 7) is 4.76. The standard InChI is InChI=1S/C23H23N5O2/c1-3-30-16-27-15-19(14-24-27)25-23(29)21-17(2)28(20-12-8-5-9-13-20)26-22(21)18-10-6-4-7-11-18/h4-15H,3,16H2,1-2H3,(H,25,29). The van der Waals surface area contributed by atoms with Gasteiger partial charge in [0, 0.05) is 12.2 Å². The molecule has 2 aromatic heterocycles. The van der Waals surface area contributed by atoms with Gasteiger partial charge in [0.25, 0.3) is 5.91 Å². The number of nitrogens with one attached hydrogen (secondary N) is 1. The molecule has 4 rings (SSSR count). The summed E-state index contributed by atoms with van der Waals surface area (Å²) in [5.74, 6) is -0.232. The second-order valence-electron chi connectivity index (χ2n) is 6.77. The van der Waals surface area contributed by atoms with E-state index in [0.29, 0.717) is 30.3 Å². The highest BCUT2D eigenvalue weighted by atomic mass is 16.5. The Labute approximate surface area is 174 Å². The van der Waals surface area contributed by atoms with Crippen molar-refractivity contribution in [2.45, 2.75) is 20.6 Å². The summed E-state index contributed by atoms with van der Waals surface area (Å²) >= 11 is 0. The van der Waals surface area contributed by atoms with E-state index in [-0.39, 0.29) is 5.91 Å². The molecule has 0 aliphatic carbocycles. The maximum Gasteiger partial charge on any atom is 0.259 e. The fraction of sp³-hybridized carbons (Fsp3) is 0.174. The van der Waals surface area contributed by atoms with Gasteiger partial charge in [-0.1, -0.05) is 48.5 Å². The predicted octanol–water partition coefficient (Wildman–Crippen LogP) is 4.29. The van der Waals surface area contributed by atoms with Crippen LogP contribution >= 0.6 is 0 Å². The first-order valence-electron chi connectivity index (χ1n) is 9.79. The van der Waals surface area contributed by atoms with Crippen molar-refractivity contribution in [2.24, 2.45) is 0 Å². The van der Waals surface area contributed by atoms with Gasteiger partial charge in [-0.2, -0.15) is 10.2 Å². The van der Waals surface area contributed by atoms with E-state index in [1.54, 1.807) is 21.8 Å². The third-order valence-electron chi connectivity index (χ3n) is 4.71. The molecule has 0 unspecified atom stereocenters. The summed E-state index contributed by atoms with van der Waals surface area (Å²) in [5.41, 5.74) is 4.31. The molecule has 152 valence electrons. The highest BCUT2D eigenvalue weighted by Crippen LogP contribution is 2.28. The van der Waals surface area contributed by atoms with Gasteiger partial charge in [-0.05, 0) is 26.0 Å². The summed E-state index contributed by atoms with van der Waals surface area (Å²) in [4.78, 5) is 13.3. The number of hydrogen-bond acceptors (Lipinski definition) is 4. The summed E-state index contributed by atoms with van der Waals surface area (Å²) in [5, 5.41) is 11.9. The van der Waals surface area contributed by atoms with E-state index in [2.05, 4.69) is 10.4 Å². The molecule has 7 nitrogen and oxygen atoms in total. The number of hydrogen-bond donors (Lipinski definition) is 1. The zero-order valence-corrected chi connectivity index (χ0v) is 16.9.